The van der Waals surface area contributed by atoms with E-state index >= 15 is 0 Å². The van der Waals surface area contributed by atoms with Gasteiger partial charge in [-0.05, 0) is 63.0 Å². The molecule has 0 saturated heterocycles. The molecule has 1 aromatic heterocycles. The van der Waals surface area contributed by atoms with Crippen LogP contribution in [0.2, 0.25) is 0 Å². The first-order chi connectivity index (χ1) is 13.3. The average Bonchev–Trinajstić information content (AvgIpc) is 3.07. The van der Waals surface area contributed by atoms with Crippen molar-refractivity contribution in [2.45, 2.75) is 0 Å². The van der Waals surface area contributed by atoms with E-state index in [1.54, 1.807) is 0 Å². The van der Waals surface area contributed by atoms with E-state index in [2.05, 4.69) is 97.1 Å². The number of benzene rings is 5. The van der Waals surface area contributed by atoms with Crippen LogP contribution in [0.15, 0.2) is 97.1 Å². The second-order valence-electron chi connectivity index (χ2n) is 7.07. The van der Waals surface area contributed by atoms with Crippen molar-refractivity contribution >= 4 is 53.1 Å². The summed E-state index contributed by atoms with van der Waals surface area (Å²) < 4.78 is 2.72. The molecule has 0 aliphatic heterocycles. The van der Waals surface area contributed by atoms with E-state index in [1.807, 2.05) is 11.3 Å². The Labute approximate surface area is 161 Å². The molecule has 1 heteroatoms. The van der Waals surface area contributed by atoms with Crippen molar-refractivity contribution in [2.75, 3.05) is 0 Å². The summed E-state index contributed by atoms with van der Waals surface area (Å²) in [5.74, 6) is 0. The number of rotatable bonds is 1. The van der Waals surface area contributed by atoms with Crippen molar-refractivity contribution in [3.63, 3.8) is 0 Å². The van der Waals surface area contributed by atoms with Crippen LogP contribution in [0.25, 0.3) is 52.8 Å². The van der Waals surface area contributed by atoms with Gasteiger partial charge in [0, 0.05) is 20.2 Å². The number of fused-ring (bicyclic) bond motifs is 5. The lowest BCUT2D eigenvalue weighted by molar-refractivity contribution is 1.65. The molecule has 126 valence electrons. The fraction of sp³-hybridized carbons (Fsp3) is 0. The molecule has 0 saturated carbocycles. The normalized spacial score (nSPS) is 11.7. The van der Waals surface area contributed by atoms with Gasteiger partial charge in [-0.25, -0.2) is 0 Å². The van der Waals surface area contributed by atoms with Crippen LogP contribution in [0.4, 0.5) is 0 Å². The molecule has 0 aliphatic rings. The van der Waals surface area contributed by atoms with Gasteiger partial charge in [0.15, 0.2) is 0 Å². The minimum Gasteiger partial charge on any atom is -0.135 e. The number of hydrogen-bond donors (Lipinski definition) is 0. The Bertz CT molecular complexity index is 1460. The molecule has 5 aromatic carbocycles. The van der Waals surface area contributed by atoms with E-state index < -0.39 is 0 Å². The molecule has 6 rings (SSSR count). The van der Waals surface area contributed by atoms with E-state index in [4.69, 9.17) is 0 Å². The molecule has 0 amide bonds. The first-order valence-electron chi connectivity index (χ1n) is 9.19. The zero-order chi connectivity index (χ0) is 17.8. The Kier molecular flexibility index (Phi) is 3.14. The lowest BCUT2D eigenvalue weighted by atomic mass is 9.99. The molecule has 0 aliphatic carbocycles. The highest BCUT2D eigenvalue weighted by atomic mass is 32.1. The lowest BCUT2D eigenvalue weighted by Crippen LogP contribution is -1.79. The molecule has 0 unspecified atom stereocenters. The third-order valence-electron chi connectivity index (χ3n) is 5.40. The minimum atomic E-state index is 1.26. The van der Waals surface area contributed by atoms with E-state index in [-0.39, 0.29) is 0 Å². The first kappa shape index (κ1) is 15.0. The molecular weight excluding hydrogens is 344 g/mol. The Hall–Kier alpha value is -3.16. The van der Waals surface area contributed by atoms with Gasteiger partial charge < -0.3 is 0 Å². The molecular formula is C26H16S. The van der Waals surface area contributed by atoms with Crippen LogP contribution >= 0.6 is 11.3 Å². The maximum Gasteiger partial charge on any atom is 0.0361 e. The van der Waals surface area contributed by atoms with E-state index in [0.717, 1.165) is 0 Å². The van der Waals surface area contributed by atoms with Gasteiger partial charge in [-0.1, -0.05) is 66.7 Å². The summed E-state index contributed by atoms with van der Waals surface area (Å²) in [6.45, 7) is 0. The predicted molar refractivity (Wildman–Crippen MR) is 120 cm³/mol. The van der Waals surface area contributed by atoms with E-state index in [0.29, 0.717) is 0 Å². The third-order valence-corrected chi connectivity index (χ3v) is 6.52. The average molecular weight is 360 g/mol. The van der Waals surface area contributed by atoms with Crippen LogP contribution in [-0.4, -0.2) is 0 Å². The quantitative estimate of drug-likeness (QED) is 0.278. The SMILES string of the molecule is c1ccc(-c2ccc3cc4sc5cc6ccccc6cc5c4cc3c2)cc1. The topological polar surface area (TPSA) is 0 Å². The third kappa shape index (κ3) is 2.36. The largest absolute Gasteiger partial charge is 0.135 e. The zero-order valence-corrected chi connectivity index (χ0v) is 15.5. The molecule has 6 aromatic rings. The highest BCUT2D eigenvalue weighted by Gasteiger charge is 2.09. The van der Waals surface area contributed by atoms with Crippen molar-refractivity contribution < 1.29 is 0 Å². The van der Waals surface area contributed by atoms with Gasteiger partial charge in [-0.15, -0.1) is 11.3 Å². The summed E-state index contributed by atoms with van der Waals surface area (Å²) in [5, 5.41) is 7.95. The summed E-state index contributed by atoms with van der Waals surface area (Å²) in [6, 6.07) is 35.4. The Balaban J connectivity index is 1.65. The van der Waals surface area contributed by atoms with Crippen molar-refractivity contribution in [1.29, 1.82) is 0 Å². The Morgan fingerprint density at radius 1 is 0.407 bits per heavy atom. The molecule has 0 nitrogen and oxygen atoms in total. The molecule has 1 heterocycles. The maximum atomic E-state index is 2.37. The molecule has 0 spiro atoms. The van der Waals surface area contributed by atoms with Gasteiger partial charge in [0.1, 0.15) is 0 Å². The minimum absolute atomic E-state index is 1.26. The fourth-order valence-corrected chi connectivity index (χ4v) is 5.18. The van der Waals surface area contributed by atoms with Crippen LogP contribution in [0.1, 0.15) is 0 Å². The standard InChI is InChI=1S/C26H16S/c1-2-6-17(7-3-1)20-10-11-21-16-26-24(14-22(21)12-20)23-13-18-8-4-5-9-19(18)15-25(23)27-26/h1-16H. The number of thiophene rings is 1. The van der Waals surface area contributed by atoms with Crippen molar-refractivity contribution in [2.24, 2.45) is 0 Å². The monoisotopic (exact) mass is 360 g/mol. The number of hydrogen-bond acceptors (Lipinski definition) is 1. The van der Waals surface area contributed by atoms with Crippen LogP contribution in [0.3, 0.4) is 0 Å². The van der Waals surface area contributed by atoms with Gasteiger partial charge >= 0.3 is 0 Å². The van der Waals surface area contributed by atoms with Crippen molar-refractivity contribution in [3.8, 4) is 11.1 Å². The fourth-order valence-electron chi connectivity index (χ4n) is 4.01. The summed E-state index contributed by atoms with van der Waals surface area (Å²) in [4.78, 5) is 0. The van der Waals surface area contributed by atoms with Crippen molar-refractivity contribution in [1.82, 2.24) is 0 Å². The molecule has 0 atom stereocenters. The summed E-state index contributed by atoms with van der Waals surface area (Å²) in [6.07, 6.45) is 0. The van der Waals surface area contributed by atoms with Crippen LogP contribution in [0, 0.1) is 0 Å². The van der Waals surface area contributed by atoms with Gasteiger partial charge in [0.2, 0.25) is 0 Å². The highest BCUT2D eigenvalue weighted by molar-refractivity contribution is 7.26. The van der Waals surface area contributed by atoms with Crippen LogP contribution < -0.4 is 0 Å². The van der Waals surface area contributed by atoms with Gasteiger partial charge in [0.05, 0.1) is 0 Å². The van der Waals surface area contributed by atoms with Gasteiger partial charge in [-0.2, -0.15) is 0 Å². The molecule has 0 radical (unpaired) electrons. The second-order valence-corrected chi connectivity index (χ2v) is 8.16. The maximum absolute atomic E-state index is 2.37. The van der Waals surface area contributed by atoms with Gasteiger partial charge in [-0.3, -0.25) is 0 Å². The highest BCUT2D eigenvalue weighted by Crippen LogP contribution is 2.39. The van der Waals surface area contributed by atoms with E-state index in [9.17, 15) is 0 Å². The molecule has 0 bridgehead atoms. The summed E-state index contributed by atoms with van der Waals surface area (Å²) in [5.41, 5.74) is 2.54. The first-order valence-corrected chi connectivity index (χ1v) is 10.0. The molecule has 27 heavy (non-hydrogen) atoms. The smallest absolute Gasteiger partial charge is 0.0361 e. The van der Waals surface area contributed by atoms with Gasteiger partial charge in [0.25, 0.3) is 0 Å². The van der Waals surface area contributed by atoms with Crippen molar-refractivity contribution in [3.05, 3.63) is 97.1 Å². The lowest BCUT2D eigenvalue weighted by Gasteiger charge is -2.05. The molecule has 0 fully saturated rings. The Morgan fingerprint density at radius 3 is 1.74 bits per heavy atom. The van der Waals surface area contributed by atoms with Crippen LogP contribution in [0.5, 0.6) is 0 Å². The van der Waals surface area contributed by atoms with Crippen LogP contribution in [-0.2, 0) is 0 Å². The van der Waals surface area contributed by atoms with E-state index in [1.165, 1.54) is 52.8 Å². The Morgan fingerprint density at radius 2 is 1.00 bits per heavy atom. The summed E-state index contributed by atoms with van der Waals surface area (Å²) in [7, 11) is 0. The zero-order valence-electron chi connectivity index (χ0n) is 14.6. The second kappa shape index (κ2) is 5.67. The molecule has 0 N–H and O–H groups in total. The summed E-state index contributed by atoms with van der Waals surface area (Å²) >= 11 is 1.89. The predicted octanol–water partition coefficient (Wildman–Crippen LogP) is 8.03.